The van der Waals surface area contributed by atoms with E-state index in [0.29, 0.717) is 10.7 Å². The standard InChI is InChI=1S/C16H13Cl2FN2O3/c1-2-24-14(23)8-13(22)11-7-12(19)15(18)21-16(11)20-10-5-3-9(17)4-6-10/h3-7H,2,8H2,1H3,(H,20,21). The summed E-state index contributed by atoms with van der Waals surface area (Å²) in [6, 6.07) is 7.52. The molecule has 1 aromatic heterocycles. The average molecular weight is 371 g/mol. The zero-order valence-electron chi connectivity index (χ0n) is 12.6. The van der Waals surface area contributed by atoms with Crippen molar-refractivity contribution < 1.29 is 18.7 Å². The van der Waals surface area contributed by atoms with Gasteiger partial charge in [0.15, 0.2) is 16.8 Å². The van der Waals surface area contributed by atoms with Gasteiger partial charge in [-0.3, -0.25) is 9.59 Å². The normalized spacial score (nSPS) is 10.3. The van der Waals surface area contributed by atoms with Crippen LogP contribution in [0.2, 0.25) is 10.2 Å². The molecule has 2 rings (SSSR count). The molecule has 0 unspecified atom stereocenters. The van der Waals surface area contributed by atoms with Crippen LogP contribution in [0.3, 0.4) is 0 Å². The average Bonchev–Trinajstić information content (AvgIpc) is 2.53. The molecule has 5 nitrogen and oxygen atoms in total. The molecule has 1 heterocycles. The van der Waals surface area contributed by atoms with Gasteiger partial charge in [0.2, 0.25) is 0 Å². The van der Waals surface area contributed by atoms with Crippen LogP contribution in [0.4, 0.5) is 15.9 Å². The molecule has 0 amide bonds. The van der Waals surface area contributed by atoms with Crippen LogP contribution in [0.1, 0.15) is 23.7 Å². The maximum absolute atomic E-state index is 13.7. The summed E-state index contributed by atoms with van der Waals surface area (Å²) in [5.74, 6) is -2.15. The molecule has 0 aliphatic heterocycles. The Kier molecular flexibility index (Phi) is 6.11. The lowest BCUT2D eigenvalue weighted by Gasteiger charge is -2.11. The molecule has 2 aromatic rings. The first kappa shape index (κ1) is 18.2. The predicted octanol–water partition coefficient (Wildman–Crippen LogP) is 4.41. The second kappa shape index (κ2) is 8.08. The van der Waals surface area contributed by atoms with E-state index in [9.17, 15) is 14.0 Å². The molecule has 0 saturated heterocycles. The van der Waals surface area contributed by atoms with Gasteiger partial charge in [0, 0.05) is 10.7 Å². The zero-order valence-corrected chi connectivity index (χ0v) is 14.1. The van der Waals surface area contributed by atoms with E-state index < -0.39 is 24.0 Å². The maximum Gasteiger partial charge on any atom is 0.313 e. The molecule has 0 aliphatic carbocycles. The molecule has 24 heavy (non-hydrogen) atoms. The number of Topliss-reactive ketones (excluding diaryl/α,β-unsaturated/α-hetero) is 1. The molecule has 1 N–H and O–H groups in total. The van der Waals surface area contributed by atoms with Crippen LogP contribution in [0.5, 0.6) is 0 Å². The van der Waals surface area contributed by atoms with E-state index in [1.54, 1.807) is 31.2 Å². The van der Waals surface area contributed by atoms with Gasteiger partial charge in [-0.1, -0.05) is 23.2 Å². The van der Waals surface area contributed by atoms with Crippen molar-refractivity contribution >= 4 is 46.5 Å². The van der Waals surface area contributed by atoms with Gasteiger partial charge < -0.3 is 10.1 Å². The molecule has 0 atom stereocenters. The number of hydrogen-bond donors (Lipinski definition) is 1. The van der Waals surface area contributed by atoms with Gasteiger partial charge in [-0.15, -0.1) is 0 Å². The number of nitrogens with zero attached hydrogens (tertiary/aromatic N) is 1. The lowest BCUT2D eigenvalue weighted by molar-refractivity contribution is -0.141. The van der Waals surface area contributed by atoms with Gasteiger partial charge in [0.05, 0.1) is 12.2 Å². The van der Waals surface area contributed by atoms with E-state index in [4.69, 9.17) is 27.9 Å². The second-order valence-corrected chi connectivity index (χ2v) is 5.49. The topological polar surface area (TPSA) is 68.3 Å². The summed E-state index contributed by atoms with van der Waals surface area (Å²) in [7, 11) is 0. The summed E-state index contributed by atoms with van der Waals surface area (Å²) < 4.78 is 18.4. The Hall–Kier alpha value is -2.18. The number of carbonyl (C=O) groups is 2. The van der Waals surface area contributed by atoms with Crippen molar-refractivity contribution in [2.24, 2.45) is 0 Å². The van der Waals surface area contributed by atoms with Gasteiger partial charge in [-0.05, 0) is 37.3 Å². The number of nitrogens with one attached hydrogen (secondary N) is 1. The van der Waals surface area contributed by atoms with Crippen molar-refractivity contribution in [2.45, 2.75) is 13.3 Å². The molecule has 0 bridgehead atoms. The summed E-state index contributed by atoms with van der Waals surface area (Å²) >= 11 is 11.5. The molecule has 126 valence electrons. The van der Waals surface area contributed by atoms with E-state index in [1.807, 2.05) is 0 Å². The fourth-order valence-corrected chi connectivity index (χ4v) is 2.15. The molecule has 0 aliphatic rings. The summed E-state index contributed by atoms with van der Waals surface area (Å²) in [4.78, 5) is 27.6. The molecular weight excluding hydrogens is 358 g/mol. The summed E-state index contributed by atoms with van der Waals surface area (Å²) in [6.07, 6.45) is -0.522. The van der Waals surface area contributed by atoms with E-state index in [-0.39, 0.29) is 23.1 Å². The fraction of sp³-hybridized carbons (Fsp3) is 0.188. The smallest absolute Gasteiger partial charge is 0.313 e. The van der Waals surface area contributed by atoms with Crippen LogP contribution >= 0.6 is 23.2 Å². The van der Waals surface area contributed by atoms with Crippen molar-refractivity contribution in [3.05, 3.63) is 51.9 Å². The zero-order chi connectivity index (χ0) is 17.7. The number of anilines is 2. The molecular formula is C16H13Cl2FN2O3. The maximum atomic E-state index is 13.7. The van der Waals surface area contributed by atoms with Crippen LogP contribution in [0, 0.1) is 5.82 Å². The SMILES string of the molecule is CCOC(=O)CC(=O)c1cc(F)c(Cl)nc1Nc1ccc(Cl)cc1. The summed E-state index contributed by atoms with van der Waals surface area (Å²) in [5, 5.41) is 3.00. The Labute approximate surface area is 147 Å². The first-order valence-corrected chi connectivity index (χ1v) is 7.73. The number of carbonyl (C=O) groups excluding carboxylic acids is 2. The molecule has 0 radical (unpaired) electrons. The number of ether oxygens (including phenoxy) is 1. The van der Waals surface area contributed by atoms with Crippen LogP contribution in [0.25, 0.3) is 0 Å². The number of ketones is 1. The number of rotatable bonds is 6. The molecule has 0 spiro atoms. The van der Waals surface area contributed by atoms with Crippen LogP contribution in [0.15, 0.2) is 30.3 Å². The lowest BCUT2D eigenvalue weighted by atomic mass is 10.1. The number of hydrogen-bond acceptors (Lipinski definition) is 5. The second-order valence-electron chi connectivity index (χ2n) is 4.69. The van der Waals surface area contributed by atoms with Crippen molar-refractivity contribution in [3.63, 3.8) is 0 Å². The third kappa shape index (κ3) is 4.66. The monoisotopic (exact) mass is 370 g/mol. The highest BCUT2D eigenvalue weighted by atomic mass is 35.5. The number of aromatic nitrogens is 1. The Bertz CT molecular complexity index is 767. The minimum atomic E-state index is -0.856. The van der Waals surface area contributed by atoms with Crippen molar-refractivity contribution in [1.82, 2.24) is 4.98 Å². The molecule has 8 heteroatoms. The van der Waals surface area contributed by atoms with Gasteiger partial charge in [0.25, 0.3) is 0 Å². The minimum absolute atomic E-state index is 0.0398. The van der Waals surface area contributed by atoms with Crippen LogP contribution in [-0.4, -0.2) is 23.3 Å². The summed E-state index contributed by atoms with van der Waals surface area (Å²) in [6.45, 7) is 1.77. The number of esters is 1. The highest BCUT2D eigenvalue weighted by Gasteiger charge is 2.20. The van der Waals surface area contributed by atoms with E-state index >= 15 is 0 Å². The number of halogens is 3. The van der Waals surface area contributed by atoms with Gasteiger partial charge in [0.1, 0.15) is 12.2 Å². The molecule has 0 saturated carbocycles. The predicted molar refractivity (Wildman–Crippen MR) is 89.5 cm³/mol. The largest absolute Gasteiger partial charge is 0.466 e. The van der Waals surface area contributed by atoms with E-state index in [2.05, 4.69) is 10.3 Å². The number of benzene rings is 1. The Morgan fingerprint density at radius 1 is 1.25 bits per heavy atom. The van der Waals surface area contributed by atoms with Gasteiger partial charge in [-0.2, -0.15) is 0 Å². The fourth-order valence-electron chi connectivity index (χ4n) is 1.88. The van der Waals surface area contributed by atoms with Crippen LogP contribution < -0.4 is 5.32 Å². The lowest BCUT2D eigenvalue weighted by Crippen LogP contribution is -2.14. The van der Waals surface area contributed by atoms with Crippen molar-refractivity contribution in [3.8, 4) is 0 Å². The van der Waals surface area contributed by atoms with Gasteiger partial charge in [-0.25, -0.2) is 9.37 Å². The Morgan fingerprint density at radius 3 is 2.54 bits per heavy atom. The first-order valence-electron chi connectivity index (χ1n) is 6.98. The quantitative estimate of drug-likeness (QED) is 0.353. The Morgan fingerprint density at radius 2 is 1.92 bits per heavy atom. The van der Waals surface area contributed by atoms with E-state index in [1.165, 1.54) is 0 Å². The minimum Gasteiger partial charge on any atom is -0.466 e. The van der Waals surface area contributed by atoms with Crippen molar-refractivity contribution in [2.75, 3.05) is 11.9 Å². The molecule has 1 aromatic carbocycles. The third-order valence-electron chi connectivity index (χ3n) is 2.95. The Balaban J connectivity index is 2.32. The van der Waals surface area contributed by atoms with Crippen molar-refractivity contribution in [1.29, 1.82) is 0 Å². The summed E-state index contributed by atoms with van der Waals surface area (Å²) in [5.41, 5.74) is 0.472. The molecule has 0 fully saturated rings. The number of pyridine rings is 1. The third-order valence-corrected chi connectivity index (χ3v) is 3.47. The van der Waals surface area contributed by atoms with Crippen LogP contribution in [-0.2, 0) is 9.53 Å². The highest BCUT2D eigenvalue weighted by Crippen LogP contribution is 2.25. The first-order chi connectivity index (χ1) is 11.4. The van der Waals surface area contributed by atoms with Gasteiger partial charge >= 0.3 is 5.97 Å². The highest BCUT2D eigenvalue weighted by molar-refractivity contribution is 6.30. The van der Waals surface area contributed by atoms with E-state index in [0.717, 1.165) is 6.07 Å².